The molecule has 9 rings (SSSR count). The Morgan fingerprint density at radius 1 is 0.387 bits per heavy atom. The lowest BCUT2D eigenvalue weighted by atomic mass is 10.0. The lowest BCUT2D eigenvalue weighted by molar-refractivity contribution is -0.385. The maximum absolute atomic E-state index is 13.4. The van der Waals surface area contributed by atoms with Crippen molar-refractivity contribution < 1.29 is 146 Å². The summed E-state index contributed by atoms with van der Waals surface area (Å²) in [5, 5.41) is 79.4. The number of nitrogen functional groups attached to an aromatic ring is 1. The molecular weight excluding hydrogens is 1670 g/mol. The van der Waals surface area contributed by atoms with E-state index in [0.29, 0.717) is 36.4 Å². The Hall–Kier alpha value is -10.9. The standard InChI is InChI=1S/C56H48N12O34S9/c1-25-13-38(43(101-9-3-11-103(74,75)76)23-37(25)61-64-40-18-29(105(80,81)82)15-27-16-30(106(83,84)85)19-42(69)49(27)40)62-60-36-22-44(102-10-4-12-104(77,78)79)39(14-26(36)2)63-66-52-47(109(92,93)94)20-32-31(54(52)70)6-8-35(56(32)111(98,99)100)59-65-41-24-45(107(86,87)88)33-21-48(110(95,96)97)53(55(71)50(33)51(41)57)67-58-34-7-5-28(68(72)73)17-46(34)108(89,90)91/h5-8,13-24,69-71H,3-4,9-12,57H2,1-2H3,(H,74,75,76)(H,77,78,79)(H,80,81,82)(H,83,84,85)(H,86,87,88)(H,89,90,91)(H,92,93,94)(H,95,96,97)(H,98,99,100). The van der Waals surface area contributed by atoms with Crippen molar-refractivity contribution in [3.63, 3.8) is 0 Å². The zero-order chi connectivity index (χ0) is 82.6. The molecule has 0 saturated carbocycles. The van der Waals surface area contributed by atoms with Gasteiger partial charge < -0.3 is 30.5 Å². The normalized spacial score (nSPS) is 13.4. The Morgan fingerprint density at radius 3 is 1.28 bits per heavy atom. The number of hydrogen-bond donors (Lipinski definition) is 13. The topological polar surface area (TPSA) is 761 Å². The van der Waals surface area contributed by atoms with Crippen molar-refractivity contribution in [2.45, 2.75) is 61.0 Å². The Labute approximate surface area is 623 Å². The van der Waals surface area contributed by atoms with Crippen molar-refractivity contribution in [1.29, 1.82) is 0 Å². The number of nitrogens with two attached hydrogens (primary N) is 1. The number of aromatic hydroxyl groups is 3. The molecule has 0 aromatic heterocycles. The Kier molecular flexibility index (Phi) is 23.3. The van der Waals surface area contributed by atoms with Gasteiger partial charge in [-0.2, -0.15) is 86.0 Å². The quantitative estimate of drug-likeness (QED) is 0.00541. The molecule has 9 aromatic carbocycles. The third-order valence-corrected chi connectivity index (χ3v) is 22.8. The lowest BCUT2D eigenvalue weighted by Gasteiger charge is -2.15. The first-order chi connectivity index (χ1) is 51.0. The van der Waals surface area contributed by atoms with E-state index < -0.39 is 257 Å². The van der Waals surface area contributed by atoms with Crippen molar-refractivity contribution in [3.8, 4) is 28.7 Å². The van der Waals surface area contributed by atoms with E-state index in [1.807, 2.05) is 0 Å². The maximum atomic E-state index is 13.4. The van der Waals surface area contributed by atoms with Crippen molar-refractivity contribution in [3.05, 3.63) is 118 Å². The zero-order valence-electron chi connectivity index (χ0n) is 55.0. The average Bonchev–Trinajstić information content (AvgIpc) is 0.742. The Bertz CT molecular complexity index is 6780. The highest BCUT2D eigenvalue weighted by Gasteiger charge is 2.32. The van der Waals surface area contributed by atoms with Crippen molar-refractivity contribution in [1.82, 2.24) is 0 Å². The number of benzene rings is 9. The van der Waals surface area contributed by atoms with E-state index in [0.717, 1.165) is 42.5 Å². The van der Waals surface area contributed by atoms with Crippen LogP contribution in [0.4, 0.5) is 68.2 Å². The largest absolute Gasteiger partial charge is 0.507 e. The minimum absolute atomic E-state index is 0.0502. The Balaban J connectivity index is 1.14. The Morgan fingerprint density at radius 2 is 0.811 bits per heavy atom. The molecule has 0 aliphatic rings. The molecule has 0 spiro atoms. The molecule has 0 aliphatic heterocycles. The molecular formula is C56H48N12O34S9. The van der Waals surface area contributed by atoms with E-state index in [-0.39, 0.29) is 63.3 Å². The third-order valence-electron chi connectivity index (χ3n) is 15.0. The highest BCUT2D eigenvalue weighted by molar-refractivity contribution is 7.88. The smallest absolute Gasteiger partial charge is 0.297 e. The van der Waals surface area contributed by atoms with Crippen LogP contribution in [-0.2, 0) is 91.1 Å². The van der Waals surface area contributed by atoms with Crippen LogP contribution in [0.3, 0.4) is 0 Å². The number of hydrogen-bond acceptors (Lipinski definition) is 36. The first-order valence-corrected chi connectivity index (χ1v) is 42.7. The van der Waals surface area contributed by atoms with E-state index in [4.69, 9.17) is 15.2 Å². The number of anilines is 1. The summed E-state index contributed by atoms with van der Waals surface area (Å²) in [6.07, 6.45) is -0.802. The second-order valence-corrected chi connectivity index (χ2v) is 35.7. The highest BCUT2D eigenvalue weighted by atomic mass is 32.3. The van der Waals surface area contributed by atoms with Crippen LogP contribution in [0.2, 0.25) is 0 Å². The zero-order valence-corrected chi connectivity index (χ0v) is 62.3. The second-order valence-electron chi connectivity index (χ2n) is 22.8. The summed E-state index contributed by atoms with van der Waals surface area (Å²) in [5.41, 5.74) is -2.70. The molecule has 14 N–H and O–H groups in total. The molecule has 111 heavy (non-hydrogen) atoms. The van der Waals surface area contributed by atoms with Gasteiger partial charge in [0.05, 0.1) is 73.0 Å². The van der Waals surface area contributed by atoms with E-state index >= 15 is 0 Å². The number of azo groups is 5. The predicted molar refractivity (Wildman–Crippen MR) is 379 cm³/mol. The van der Waals surface area contributed by atoms with Gasteiger partial charge in [0.1, 0.15) is 81.5 Å². The first kappa shape index (κ1) is 84.2. The molecule has 0 amide bonds. The van der Waals surface area contributed by atoms with E-state index in [2.05, 4.69) is 51.1 Å². The summed E-state index contributed by atoms with van der Waals surface area (Å²) in [4.78, 5) is 1.18. The number of aryl methyl sites for hydroxylation is 2. The number of ether oxygens (including phenoxy) is 2. The maximum Gasteiger partial charge on any atom is 0.297 e. The highest BCUT2D eigenvalue weighted by Crippen LogP contribution is 2.51. The molecule has 9 aromatic rings. The number of nitro groups is 1. The van der Waals surface area contributed by atoms with Crippen molar-refractivity contribution in [2.24, 2.45) is 51.1 Å². The van der Waals surface area contributed by atoms with Crippen LogP contribution >= 0.6 is 0 Å². The molecule has 0 saturated heterocycles. The van der Waals surface area contributed by atoms with Gasteiger partial charge in [-0.3, -0.25) is 51.1 Å². The molecule has 0 atom stereocenters. The van der Waals surface area contributed by atoms with Crippen LogP contribution in [-0.4, -0.2) is 162 Å². The molecule has 0 heterocycles. The predicted octanol–water partition coefficient (Wildman–Crippen LogP) is 10.5. The van der Waals surface area contributed by atoms with Gasteiger partial charge in [0, 0.05) is 46.5 Å². The summed E-state index contributed by atoms with van der Waals surface area (Å²) in [7, 11) is -47.8. The molecule has 590 valence electrons. The van der Waals surface area contributed by atoms with E-state index in [1.54, 1.807) is 0 Å². The number of nitrogens with zero attached hydrogens (tertiary/aromatic N) is 11. The second kappa shape index (κ2) is 30.8. The van der Waals surface area contributed by atoms with Gasteiger partial charge >= 0.3 is 0 Å². The van der Waals surface area contributed by atoms with Crippen LogP contribution in [0.1, 0.15) is 24.0 Å². The van der Waals surface area contributed by atoms with Gasteiger partial charge in [-0.15, -0.1) is 40.9 Å². The summed E-state index contributed by atoms with van der Waals surface area (Å²) >= 11 is 0. The third kappa shape index (κ3) is 19.7. The average molecular weight is 1720 g/mol. The molecule has 0 fully saturated rings. The fourth-order valence-corrected chi connectivity index (χ4v) is 15.6. The molecule has 46 nitrogen and oxygen atoms in total. The van der Waals surface area contributed by atoms with Gasteiger partial charge in [-0.25, -0.2) is 0 Å². The summed E-state index contributed by atoms with van der Waals surface area (Å²) < 4.78 is 326. The SMILES string of the molecule is Cc1cc(N=Nc2c(S(=O)(=O)O)cc3c(S(=O)(=O)O)c(N=Nc4cc(S(=O)(=O)O)c5cc(S(=O)(=O)O)c(N=Nc6ccc([N+](=O)[O-])cc6S(=O)(=O)O)c(O)c5c4N)ccc3c2O)c(OCCCS(=O)(=O)O)cc1N=Nc1cc(C)c(N=Nc2cc(S(=O)(=O)O)cc3cc(S(=O)(=O)O)cc(O)c23)cc1OCCCS(=O)(=O)O. The van der Waals surface area contributed by atoms with Gasteiger partial charge in [0.2, 0.25) is 0 Å². The fraction of sp³-hybridized carbons (Fsp3) is 0.143. The molecule has 0 aliphatic carbocycles. The number of fused-ring (bicyclic) bond motifs is 3. The fourth-order valence-electron chi connectivity index (χ4n) is 10.1. The number of phenols is 3. The summed E-state index contributed by atoms with van der Waals surface area (Å²) in [5.74, 6) is -6.25. The van der Waals surface area contributed by atoms with Gasteiger partial charge in [-0.05, 0) is 110 Å². The molecule has 0 unspecified atom stereocenters. The van der Waals surface area contributed by atoms with Crippen molar-refractivity contribution in [2.75, 3.05) is 30.5 Å². The number of phenolic OH excluding ortho intramolecular Hbond substituents is 3. The van der Waals surface area contributed by atoms with Crippen LogP contribution in [0, 0.1) is 24.0 Å². The van der Waals surface area contributed by atoms with Crippen molar-refractivity contribution >= 4 is 192 Å². The molecule has 0 bridgehead atoms. The summed E-state index contributed by atoms with van der Waals surface area (Å²) in [6, 6.07) is 11.1. The monoisotopic (exact) mass is 1720 g/mol. The van der Waals surface area contributed by atoms with Crippen LogP contribution < -0.4 is 15.2 Å². The van der Waals surface area contributed by atoms with Gasteiger partial charge in [0.15, 0.2) is 11.5 Å². The first-order valence-electron chi connectivity index (χ1n) is 29.4. The van der Waals surface area contributed by atoms with Crippen LogP contribution in [0.5, 0.6) is 28.7 Å². The number of rotatable bonds is 28. The van der Waals surface area contributed by atoms with E-state index in [9.17, 15) is 142 Å². The van der Waals surface area contributed by atoms with E-state index in [1.165, 1.54) is 19.9 Å². The number of nitro benzene ring substituents is 1. The minimum Gasteiger partial charge on any atom is -0.507 e. The number of non-ortho nitro benzene ring substituents is 1. The van der Waals surface area contributed by atoms with Gasteiger partial charge in [0.25, 0.3) is 96.8 Å². The summed E-state index contributed by atoms with van der Waals surface area (Å²) in [6.45, 7) is 1.70. The van der Waals surface area contributed by atoms with Crippen LogP contribution in [0.25, 0.3) is 32.3 Å². The van der Waals surface area contributed by atoms with Gasteiger partial charge in [-0.1, -0.05) is 0 Å². The van der Waals surface area contributed by atoms with Crippen LogP contribution in [0.15, 0.2) is 182 Å². The lowest BCUT2D eigenvalue weighted by Crippen LogP contribution is -2.08. The minimum atomic E-state index is -5.84. The molecule has 0 radical (unpaired) electrons. The molecule has 55 heteroatoms.